The third kappa shape index (κ3) is 4.48. The summed E-state index contributed by atoms with van der Waals surface area (Å²) in [5.41, 5.74) is 2.35. The van der Waals surface area contributed by atoms with Crippen molar-refractivity contribution in [3.05, 3.63) is 23.4 Å². The number of anilines is 1. The number of hydrogen-bond donors (Lipinski definition) is 1. The Morgan fingerprint density at radius 1 is 1.42 bits per heavy atom. The van der Waals surface area contributed by atoms with Gasteiger partial charge in [-0.3, -0.25) is 0 Å². The molecule has 19 heavy (non-hydrogen) atoms. The van der Waals surface area contributed by atoms with Crippen molar-refractivity contribution >= 4 is 5.82 Å². The standard InChI is InChI=1S/C15H27N3O/c1-6-12(2)18(9-10-19-5)15-8-7-14(11-16-4)13(3)17-15/h7-8,12,16H,6,9-11H2,1-5H3. The van der Waals surface area contributed by atoms with E-state index in [0.29, 0.717) is 6.04 Å². The minimum absolute atomic E-state index is 0.470. The molecule has 4 nitrogen and oxygen atoms in total. The van der Waals surface area contributed by atoms with Crippen LogP contribution in [0.4, 0.5) is 5.82 Å². The SMILES string of the molecule is CCC(C)N(CCOC)c1ccc(CNC)c(C)n1. The van der Waals surface area contributed by atoms with Gasteiger partial charge in [0.25, 0.3) is 0 Å². The molecule has 1 rings (SSSR count). The summed E-state index contributed by atoms with van der Waals surface area (Å²) in [5, 5.41) is 3.17. The fourth-order valence-corrected chi connectivity index (χ4v) is 2.08. The third-order valence-corrected chi connectivity index (χ3v) is 3.50. The molecule has 4 heteroatoms. The van der Waals surface area contributed by atoms with Crippen LogP contribution in [0.2, 0.25) is 0 Å². The molecule has 1 unspecified atom stereocenters. The summed E-state index contributed by atoms with van der Waals surface area (Å²) in [7, 11) is 3.70. The average Bonchev–Trinajstić information content (AvgIpc) is 2.41. The lowest BCUT2D eigenvalue weighted by Gasteiger charge is -2.30. The summed E-state index contributed by atoms with van der Waals surface area (Å²) in [6.07, 6.45) is 1.10. The summed E-state index contributed by atoms with van der Waals surface area (Å²) in [6, 6.07) is 4.75. The summed E-state index contributed by atoms with van der Waals surface area (Å²) in [4.78, 5) is 7.06. The molecule has 0 bridgehead atoms. The fraction of sp³-hybridized carbons (Fsp3) is 0.667. The van der Waals surface area contributed by atoms with Crippen molar-refractivity contribution in [2.45, 2.75) is 39.8 Å². The summed E-state index contributed by atoms with van der Waals surface area (Å²) >= 11 is 0. The first-order valence-corrected chi connectivity index (χ1v) is 7.00. The Labute approximate surface area is 117 Å². The number of nitrogens with zero attached hydrogens (tertiary/aromatic N) is 2. The molecule has 1 heterocycles. The molecule has 1 atom stereocenters. The first-order valence-electron chi connectivity index (χ1n) is 7.00. The molecule has 0 fully saturated rings. The van der Waals surface area contributed by atoms with Crippen molar-refractivity contribution in [1.82, 2.24) is 10.3 Å². The Kier molecular flexibility index (Phi) is 6.81. The van der Waals surface area contributed by atoms with Crippen LogP contribution in [0.15, 0.2) is 12.1 Å². The van der Waals surface area contributed by atoms with Crippen molar-refractivity contribution < 1.29 is 4.74 Å². The smallest absolute Gasteiger partial charge is 0.129 e. The fourth-order valence-electron chi connectivity index (χ4n) is 2.08. The van der Waals surface area contributed by atoms with Crippen LogP contribution in [0.5, 0.6) is 0 Å². The van der Waals surface area contributed by atoms with E-state index in [2.05, 4.69) is 43.1 Å². The molecule has 1 N–H and O–H groups in total. The van der Waals surface area contributed by atoms with E-state index in [4.69, 9.17) is 9.72 Å². The molecule has 108 valence electrons. The lowest BCUT2D eigenvalue weighted by molar-refractivity contribution is 0.203. The van der Waals surface area contributed by atoms with Crippen LogP contribution in [0.1, 0.15) is 31.5 Å². The van der Waals surface area contributed by atoms with Gasteiger partial charge in [-0.2, -0.15) is 0 Å². The van der Waals surface area contributed by atoms with Gasteiger partial charge in [0.1, 0.15) is 5.82 Å². The lowest BCUT2D eigenvalue weighted by Crippen LogP contribution is -2.36. The molecule has 0 saturated heterocycles. The first kappa shape index (κ1) is 15.9. The van der Waals surface area contributed by atoms with Crippen LogP contribution in [0, 0.1) is 6.92 Å². The lowest BCUT2D eigenvalue weighted by atomic mass is 10.1. The molecular weight excluding hydrogens is 238 g/mol. The zero-order chi connectivity index (χ0) is 14.3. The highest BCUT2D eigenvalue weighted by atomic mass is 16.5. The largest absolute Gasteiger partial charge is 0.383 e. The second-order valence-electron chi connectivity index (χ2n) is 4.89. The van der Waals surface area contributed by atoms with Gasteiger partial charge in [0.15, 0.2) is 0 Å². The minimum atomic E-state index is 0.470. The number of pyridine rings is 1. The number of hydrogen-bond acceptors (Lipinski definition) is 4. The van der Waals surface area contributed by atoms with Crippen LogP contribution < -0.4 is 10.2 Å². The molecule has 0 aliphatic carbocycles. The molecule has 0 aliphatic rings. The van der Waals surface area contributed by atoms with Gasteiger partial charge in [0.2, 0.25) is 0 Å². The van der Waals surface area contributed by atoms with Gasteiger partial charge in [0, 0.05) is 31.9 Å². The average molecular weight is 265 g/mol. The Morgan fingerprint density at radius 3 is 2.68 bits per heavy atom. The van der Waals surface area contributed by atoms with Crippen molar-refractivity contribution in [1.29, 1.82) is 0 Å². The molecule has 0 saturated carbocycles. The van der Waals surface area contributed by atoms with Gasteiger partial charge in [0.05, 0.1) is 6.61 Å². The topological polar surface area (TPSA) is 37.4 Å². The number of nitrogens with one attached hydrogen (secondary N) is 1. The number of aryl methyl sites for hydroxylation is 1. The molecule has 0 radical (unpaired) electrons. The third-order valence-electron chi connectivity index (χ3n) is 3.50. The number of aromatic nitrogens is 1. The number of ether oxygens (including phenoxy) is 1. The van der Waals surface area contributed by atoms with E-state index in [1.54, 1.807) is 7.11 Å². The van der Waals surface area contributed by atoms with Crippen molar-refractivity contribution in [3.63, 3.8) is 0 Å². The Bertz CT molecular complexity index is 382. The Hall–Kier alpha value is -1.13. The molecular formula is C15H27N3O. The summed E-state index contributed by atoms with van der Waals surface area (Å²) < 4.78 is 5.20. The molecule has 0 aliphatic heterocycles. The molecule has 0 spiro atoms. The van der Waals surface area contributed by atoms with Gasteiger partial charge in [-0.25, -0.2) is 4.98 Å². The van der Waals surface area contributed by atoms with Crippen LogP contribution in [0.3, 0.4) is 0 Å². The zero-order valence-electron chi connectivity index (χ0n) is 12.9. The van der Waals surface area contributed by atoms with Crippen LogP contribution >= 0.6 is 0 Å². The molecule has 0 amide bonds. The number of methoxy groups -OCH3 is 1. The van der Waals surface area contributed by atoms with E-state index in [0.717, 1.165) is 37.6 Å². The van der Waals surface area contributed by atoms with Crippen molar-refractivity contribution in [2.24, 2.45) is 0 Å². The van der Waals surface area contributed by atoms with Gasteiger partial charge < -0.3 is 15.0 Å². The Morgan fingerprint density at radius 2 is 2.16 bits per heavy atom. The monoisotopic (exact) mass is 265 g/mol. The van der Waals surface area contributed by atoms with E-state index in [9.17, 15) is 0 Å². The van der Waals surface area contributed by atoms with E-state index < -0.39 is 0 Å². The quantitative estimate of drug-likeness (QED) is 0.783. The highest BCUT2D eigenvalue weighted by Crippen LogP contribution is 2.18. The normalized spacial score (nSPS) is 12.5. The van der Waals surface area contributed by atoms with E-state index in [1.807, 2.05) is 7.05 Å². The second-order valence-corrected chi connectivity index (χ2v) is 4.89. The molecule has 0 aromatic carbocycles. The predicted molar refractivity (Wildman–Crippen MR) is 80.7 cm³/mol. The minimum Gasteiger partial charge on any atom is -0.383 e. The maximum atomic E-state index is 5.20. The van der Waals surface area contributed by atoms with Crippen molar-refractivity contribution in [2.75, 3.05) is 32.2 Å². The van der Waals surface area contributed by atoms with Gasteiger partial charge in [-0.05, 0) is 38.9 Å². The molecule has 1 aromatic rings. The van der Waals surface area contributed by atoms with Gasteiger partial charge in [-0.15, -0.1) is 0 Å². The van der Waals surface area contributed by atoms with E-state index in [1.165, 1.54) is 5.56 Å². The van der Waals surface area contributed by atoms with Gasteiger partial charge in [-0.1, -0.05) is 13.0 Å². The highest BCUT2D eigenvalue weighted by Gasteiger charge is 2.14. The summed E-state index contributed by atoms with van der Waals surface area (Å²) in [5.74, 6) is 1.05. The maximum absolute atomic E-state index is 5.20. The molecule has 1 aromatic heterocycles. The first-order chi connectivity index (χ1) is 9.13. The van der Waals surface area contributed by atoms with E-state index >= 15 is 0 Å². The maximum Gasteiger partial charge on any atom is 0.129 e. The van der Waals surface area contributed by atoms with Crippen molar-refractivity contribution in [3.8, 4) is 0 Å². The van der Waals surface area contributed by atoms with Gasteiger partial charge >= 0.3 is 0 Å². The predicted octanol–water partition coefficient (Wildman–Crippen LogP) is 2.36. The van der Waals surface area contributed by atoms with E-state index in [-0.39, 0.29) is 0 Å². The summed E-state index contributed by atoms with van der Waals surface area (Å²) in [6.45, 7) is 8.97. The zero-order valence-corrected chi connectivity index (χ0v) is 12.9. The van der Waals surface area contributed by atoms with Crippen LogP contribution in [-0.2, 0) is 11.3 Å². The van der Waals surface area contributed by atoms with Crippen LogP contribution in [-0.4, -0.2) is 38.3 Å². The second kappa shape index (κ2) is 8.12. The highest BCUT2D eigenvalue weighted by molar-refractivity contribution is 5.42. The Balaban J connectivity index is 2.92. The number of rotatable bonds is 8. The van der Waals surface area contributed by atoms with Crippen LogP contribution in [0.25, 0.3) is 0 Å².